The standard InChI is InChI=1S/C11H20ClN3O/c1-5-9(16-6-2)10(13-3)11-8(12)7-14-15(11)4/h7,9-10,13H,5-6H2,1-4H3. The molecule has 1 aromatic rings. The van der Waals surface area contributed by atoms with Crippen LogP contribution in [0.2, 0.25) is 5.02 Å². The van der Waals surface area contributed by atoms with Crippen molar-refractivity contribution in [2.24, 2.45) is 7.05 Å². The number of rotatable bonds is 6. The number of likely N-dealkylation sites (N-methyl/N-ethyl adjacent to an activating group) is 1. The molecular formula is C11H20ClN3O. The number of halogens is 1. The van der Waals surface area contributed by atoms with Crippen LogP contribution in [0.5, 0.6) is 0 Å². The van der Waals surface area contributed by atoms with E-state index in [2.05, 4.69) is 17.3 Å². The molecule has 0 aliphatic heterocycles. The fourth-order valence-electron chi connectivity index (χ4n) is 1.93. The van der Waals surface area contributed by atoms with Crippen LogP contribution in [0.1, 0.15) is 32.0 Å². The average molecular weight is 246 g/mol. The molecule has 0 saturated heterocycles. The van der Waals surface area contributed by atoms with E-state index < -0.39 is 0 Å². The summed E-state index contributed by atoms with van der Waals surface area (Å²) in [6.07, 6.45) is 2.71. The highest BCUT2D eigenvalue weighted by Crippen LogP contribution is 2.27. The largest absolute Gasteiger partial charge is 0.376 e. The minimum absolute atomic E-state index is 0.0740. The van der Waals surface area contributed by atoms with Gasteiger partial charge in [-0.15, -0.1) is 0 Å². The van der Waals surface area contributed by atoms with Gasteiger partial charge in [-0.3, -0.25) is 4.68 Å². The molecule has 0 amide bonds. The van der Waals surface area contributed by atoms with E-state index in [9.17, 15) is 0 Å². The lowest BCUT2D eigenvalue weighted by atomic mass is 10.1. The summed E-state index contributed by atoms with van der Waals surface area (Å²) >= 11 is 6.14. The van der Waals surface area contributed by atoms with Gasteiger partial charge in [-0.2, -0.15) is 5.10 Å². The van der Waals surface area contributed by atoms with Gasteiger partial charge < -0.3 is 10.1 Å². The molecule has 0 fully saturated rings. The van der Waals surface area contributed by atoms with Gasteiger partial charge in [0.1, 0.15) is 0 Å². The molecule has 0 aliphatic carbocycles. The zero-order valence-corrected chi connectivity index (χ0v) is 11.1. The quantitative estimate of drug-likeness (QED) is 0.835. The van der Waals surface area contributed by atoms with E-state index in [1.165, 1.54) is 0 Å². The summed E-state index contributed by atoms with van der Waals surface area (Å²) in [6.45, 7) is 4.81. The molecule has 0 radical (unpaired) electrons. The molecule has 2 atom stereocenters. The predicted octanol–water partition coefficient (Wildman–Crippen LogP) is 2.15. The van der Waals surface area contributed by atoms with Crippen LogP contribution >= 0.6 is 11.6 Å². The van der Waals surface area contributed by atoms with E-state index in [0.29, 0.717) is 11.6 Å². The molecule has 1 heterocycles. The van der Waals surface area contributed by atoms with E-state index in [1.54, 1.807) is 10.9 Å². The molecule has 2 unspecified atom stereocenters. The Morgan fingerprint density at radius 1 is 1.56 bits per heavy atom. The summed E-state index contributed by atoms with van der Waals surface area (Å²) < 4.78 is 7.51. The van der Waals surface area contributed by atoms with Gasteiger partial charge in [-0.25, -0.2) is 0 Å². The van der Waals surface area contributed by atoms with Crippen molar-refractivity contribution < 1.29 is 4.74 Å². The first-order valence-corrected chi connectivity index (χ1v) is 5.99. The Morgan fingerprint density at radius 2 is 2.25 bits per heavy atom. The summed E-state index contributed by atoms with van der Waals surface area (Å²) in [4.78, 5) is 0. The number of aryl methyl sites for hydroxylation is 1. The van der Waals surface area contributed by atoms with Crippen LogP contribution in [-0.2, 0) is 11.8 Å². The first kappa shape index (κ1) is 13.5. The van der Waals surface area contributed by atoms with Crippen molar-refractivity contribution in [2.75, 3.05) is 13.7 Å². The third kappa shape index (κ3) is 2.75. The molecule has 0 aliphatic rings. The molecule has 5 heteroatoms. The smallest absolute Gasteiger partial charge is 0.0835 e. The Kier molecular flexibility index (Phi) is 5.25. The fourth-order valence-corrected chi connectivity index (χ4v) is 2.22. The second-order valence-electron chi connectivity index (χ2n) is 3.67. The Balaban J connectivity index is 2.96. The van der Waals surface area contributed by atoms with E-state index >= 15 is 0 Å². The molecule has 0 spiro atoms. The Labute approximate surface area is 102 Å². The first-order valence-electron chi connectivity index (χ1n) is 5.61. The molecule has 1 N–H and O–H groups in total. The normalized spacial score (nSPS) is 15.1. The lowest BCUT2D eigenvalue weighted by Crippen LogP contribution is -2.33. The maximum atomic E-state index is 6.14. The summed E-state index contributed by atoms with van der Waals surface area (Å²) in [5.41, 5.74) is 0.976. The van der Waals surface area contributed by atoms with Gasteiger partial charge in [0, 0.05) is 13.7 Å². The molecule has 0 aromatic carbocycles. The number of aromatic nitrogens is 2. The van der Waals surface area contributed by atoms with E-state index in [0.717, 1.165) is 12.1 Å². The Bertz CT molecular complexity index is 308. The summed E-state index contributed by atoms with van der Waals surface area (Å²) in [5, 5.41) is 8.08. The summed E-state index contributed by atoms with van der Waals surface area (Å²) in [6, 6.07) is 0.0740. The van der Waals surface area contributed by atoms with Crippen molar-refractivity contribution in [2.45, 2.75) is 32.4 Å². The molecule has 0 bridgehead atoms. The van der Waals surface area contributed by atoms with E-state index in [-0.39, 0.29) is 12.1 Å². The molecule has 1 aromatic heterocycles. The SMILES string of the molecule is CCOC(CC)C(NC)c1c(Cl)cnn1C. The number of nitrogens with one attached hydrogen (secondary N) is 1. The minimum Gasteiger partial charge on any atom is -0.376 e. The van der Waals surface area contributed by atoms with Crippen LogP contribution < -0.4 is 5.32 Å². The number of hydrogen-bond donors (Lipinski definition) is 1. The van der Waals surface area contributed by atoms with Crippen LogP contribution in [0.4, 0.5) is 0 Å². The van der Waals surface area contributed by atoms with Gasteiger partial charge in [0.2, 0.25) is 0 Å². The van der Waals surface area contributed by atoms with Crippen molar-refractivity contribution in [1.82, 2.24) is 15.1 Å². The lowest BCUT2D eigenvalue weighted by molar-refractivity contribution is 0.0314. The minimum atomic E-state index is 0.0740. The van der Waals surface area contributed by atoms with Gasteiger partial charge in [-0.05, 0) is 20.4 Å². The van der Waals surface area contributed by atoms with Gasteiger partial charge in [0.05, 0.1) is 29.1 Å². The van der Waals surface area contributed by atoms with Gasteiger partial charge in [0.25, 0.3) is 0 Å². The Hall–Kier alpha value is -0.580. The fraction of sp³-hybridized carbons (Fsp3) is 0.727. The number of ether oxygens (including phenoxy) is 1. The van der Waals surface area contributed by atoms with Gasteiger partial charge in [-0.1, -0.05) is 18.5 Å². The maximum Gasteiger partial charge on any atom is 0.0835 e. The zero-order chi connectivity index (χ0) is 12.1. The van der Waals surface area contributed by atoms with Crippen molar-refractivity contribution >= 4 is 11.6 Å². The molecule has 4 nitrogen and oxygen atoms in total. The molecule has 0 saturated carbocycles. The van der Waals surface area contributed by atoms with Crippen LogP contribution in [0.3, 0.4) is 0 Å². The highest BCUT2D eigenvalue weighted by Gasteiger charge is 2.25. The van der Waals surface area contributed by atoms with Gasteiger partial charge in [0.15, 0.2) is 0 Å². The van der Waals surface area contributed by atoms with Gasteiger partial charge >= 0.3 is 0 Å². The van der Waals surface area contributed by atoms with Crippen LogP contribution in [-0.4, -0.2) is 29.5 Å². The molecular weight excluding hydrogens is 226 g/mol. The van der Waals surface area contributed by atoms with Crippen molar-refractivity contribution in [3.05, 3.63) is 16.9 Å². The summed E-state index contributed by atoms with van der Waals surface area (Å²) in [5.74, 6) is 0. The highest BCUT2D eigenvalue weighted by molar-refractivity contribution is 6.31. The predicted molar refractivity (Wildman–Crippen MR) is 65.7 cm³/mol. The van der Waals surface area contributed by atoms with E-state index in [1.807, 2.05) is 21.0 Å². The third-order valence-corrected chi connectivity index (χ3v) is 2.99. The molecule has 1 rings (SSSR count). The third-order valence-electron chi connectivity index (χ3n) is 2.70. The zero-order valence-electron chi connectivity index (χ0n) is 10.3. The number of nitrogens with zero attached hydrogens (tertiary/aromatic N) is 2. The first-order chi connectivity index (χ1) is 7.65. The van der Waals surface area contributed by atoms with Crippen molar-refractivity contribution in [3.8, 4) is 0 Å². The van der Waals surface area contributed by atoms with E-state index in [4.69, 9.17) is 16.3 Å². The molecule has 16 heavy (non-hydrogen) atoms. The topological polar surface area (TPSA) is 39.1 Å². The number of hydrogen-bond acceptors (Lipinski definition) is 3. The maximum absolute atomic E-state index is 6.14. The highest BCUT2D eigenvalue weighted by atomic mass is 35.5. The molecule has 92 valence electrons. The van der Waals surface area contributed by atoms with Crippen LogP contribution in [0.15, 0.2) is 6.20 Å². The lowest BCUT2D eigenvalue weighted by Gasteiger charge is -2.26. The second-order valence-corrected chi connectivity index (χ2v) is 4.08. The second kappa shape index (κ2) is 6.23. The summed E-state index contributed by atoms with van der Waals surface area (Å²) in [7, 11) is 3.81. The van der Waals surface area contributed by atoms with Crippen molar-refractivity contribution in [1.29, 1.82) is 0 Å². The van der Waals surface area contributed by atoms with Crippen molar-refractivity contribution in [3.63, 3.8) is 0 Å². The average Bonchev–Trinajstić information content (AvgIpc) is 2.60. The van der Waals surface area contributed by atoms with Crippen LogP contribution in [0, 0.1) is 0 Å². The Morgan fingerprint density at radius 3 is 2.62 bits per heavy atom. The van der Waals surface area contributed by atoms with Crippen LogP contribution in [0.25, 0.3) is 0 Å². The monoisotopic (exact) mass is 245 g/mol.